The fraction of sp³-hybridized carbons (Fsp3) is 0.450. The quantitative estimate of drug-likeness (QED) is 0.355. The van der Waals surface area contributed by atoms with Crippen molar-refractivity contribution in [1.29, 1.82) is 0 Å². The predicted molar refractivity (Wildman–Crippen MR) is 107 cm³/mol. The number of carboxylic acids is 1. The van der Waals surface area contributed by atoms with Crippen molar-refractivity contribution < 1.29 is 19.5 Å². The van der Waals surface area contributed by atoms with E-state index in [0.29, 0.717) is 25.3 Å². The monoisotopic (exact) mass is 390 g/mol. The highest BCUT2D eigenvalue weighted by Gasteiger charge is 2.22. The standard InChI is InChI=1S/C20H26N2O4S/c1-4-10-26-22-14(2)18(20(23)24)12-16-5-7-17(8-6-16)25-11-9-19-15(3)21-13-27-19/h5-8,13,18H,4,9-12H2,1-3H3,(H,23,24)/b22-14+. The number of ether oxygens (including phenoxy) is 1. The zero-order valence-corrected chi connectivity index (χ0v) is 16.8. The van der Waals surface area contributed by atoms with E-state index in [1.165, 1.54) is 4.88 Å². The Morgan fingerprint density at radius 3 is 2.63 bits per heavy atom. The van der Waals surface area contributed by atoms with Crippen molar-refractivity contribution in [3.8, 4) is 5.75 Å². The van der Waals surface area contributed by atoms with Gasteiger partial charge in [-0.25, -0.2) is 4.98 Å². The van der Waals surface area contributed by atoms with E-state index in [0.717, 1.165) is 29.8 Å². The number of benzene rings is 1. The van der Waals surface area contributed by atoms with Gasteiger partial charge in [-0.1, -0.05) is 24.2 Å². The Morgan fingerprint density at radius 2 is 2.04 bits per heavy atom. The minimum Gasteiger partial charge on any atom is -0.493 e. The molecule has 0 radical (unpaired) electrons. The molecule has 0 saturated heterocycles. The van der Waals surface area contributed by atoms with E-state index >= 15 is 0 Å². The summed E-state index contributed by atoms with van der Waals surface area (Å²) in [7, 11) is 0. The van der Waals surface area contributed by atoms with Gasteiger partial charge in [-0.15, -0.1) is 11.3 Å². The van der Waals surface area contributed by atoms with Crippen LogP contribution >= 0.6 is 11.3 Å². The van der Waals surface area contributed by atoms with Crippen LogP contribution in [0.1, 0.15) is 36.4 Å². The summed E-state index contributed by atoms with van der Waals surface area (Å²) < 4.78 is 5.77. The summed E-state index contributed by atoms with van der Waals surface area (Å²) in [5.41, 5.74) is 4.28. The zero-order valence-electron chi connectivity index (χ0n) is 16.0. The van der Waals surface area contributed by atoms with Gasteiger partial charge in [0.05, 0.1) is 23.5 Å². The first-order valence-electron chi connectivity index (χ1n) is 9.01. The SMILES string of the molecule is CCCO/N=C(\C)C(Cc1ccc(OCCc2scnc2C)cc1)C(=O)O. The molecule has 1 atom stereocenters. The van der Waals surface area contributed by atoms with E-state index in [9.17, 15) is 9.90 Å². The summed E-state index contributed by atoms with van der Waals surface area (Å²) in [4.78, 5) is 22.1. The van der Waals surface area contributed by atoms with Crippen LogP contribution in [0.15, 0.2) is 34.9 Å². The van der Waals surface area contributed by atoms with Crippen molar-refractivity contribution in [2.75, 3.05) is 13.2 Å². The molecule has 0 aliphatic carbocycles. The number of rotatable bonds is 11. The average molecular weight is 391 g/mol. The molecule has 2 aromatic rings. The van der Waals surface area contributed by atoms with Gasteiger partial charge >= 0.3 is 5.97 Å². The lowest BCUT2D eigenvalue weighted by atomic mass is 9.95. The van der Waals surface area contributed by atoms with Crippen molar-refractivity contribution in [1.82, 2.24) is 4.98 Å². The number of aromatic nitrogens is 1. The lowest BCUT2D eigenvalue weighted by Crippen LogP contribution is -2.24. The minimum absolute atomic E-state index is 0.362. The number of hydrogen-bond acceptors (Lipinski definition) is 6. The van der Waals surface area contributed by atoms with Gasteiger partial charge in [0.15, 0.2) is 0 Å². The van der Waals surface area contributed by atoms with Crippen LogP contribution in [0.2, 0.25) is 0 Å². The first kappa shape index (κ1) is 20.9. The molecule has 2 rings (SSSR count). The van der Waals surface area contributed by atoms with E-state index in [1.807, 2.05) is 43.6 Å². The predicted octanol–water partition coefficient (Wildman–Crippen LogP) is 4.12. The summed E-state index contributed by atoms with van der Waals surface area (Å²) in [6.45, 7) is 6.73. The third kappa shape index (κ3) is 6.67. The molecule has 0 spiro atoms. The molecule has 0 fully saturated rings. The number of thiazole rings is 1. The van der Waals surface area contributed by atoms with Crippen LogP contribution in [0.5, 0.6) is 5.75 Å². The Balaban J connectivity index is 1.89. The molecule has 1 aromatic heterocycles. The third-order valence-corrected chi connectivity index (χ3v) is 5.11. The van der Waals surface area contributed by atoms with Crippen LogP contribution in [0, 0.1) is 12.8 Å². The molecule has 146 valence electrons. The van der Waals surface area contributed by atoms with Crippen molar-refractivity contribution in [3.63, 3.8) is 0 Å². The highest BCUT2D eigenvalue weighted by Crippen LogP contribution is 2.18. The largest absolute Gasteiger partial charge is 0.493 e. The lowest BCUT2D eigenvalue weighted by Gasteiger charge is -2.13. The second-order valence-electron chi connectivity index (χ2n) is 6.26. The Labute approximate surface area is 163 Å². The van der Waals surface area contributed by atoms with E-state index in [-0.39, 0.29) is 0 Å². The molecular weight excluding hydrogens is 364 g/mol. The van der Waals surface area contributed by atoms with Crippen molar-refractivity contribution in [2.24, 2.45) is 11.1 Å². The molecule has 6 nitrogen and oxygen atoms in total. The van der Waals surface area contributed by atoms with Gasteiger partial charge in [0.1, 0.15) is 18.3 Å². The lowest BCUT2D eigenvalue weighted by molar-refractivity contribution is -0.139. The van der Waals surface area contributed by atoms with E-state index < -0.39 is 11.9 Å². The summed E-state index contributed by atoms with van der Waals surface area (Å²) in [6, 6.07) is 7.52. The average Bonchev–Trinajstić information content (AvgIpc) is 3.05. The Hall–Kier alpha value is -2.41. The molecule has 0 bridgehead atoms. The Kier molecular flexibility index (Phi) is 8.26. The highest BCUT2D eigenvalue weighted by molar-refractivity contribution is 7.09. The second-order valence-corrected chi connectivity index (χ2v) is 7.20. The second kappa shape index (κ2) is 10.7. The van der Waals surface area contributed by atoms with Crippen LogP contribution in [0.4, 0.5) is 0 Å². The number of carboxylic acid groups (broad SMARTS) is 1. The van der Waals surface area contributed by atoms with Gasteiger partial charge in [0.2, 0.25) is 0 Å². The molecule has 1 unspecified atom stereocenters. The molecule has 1 N–H and O–H groups in total. The molecule has 1 heterocycles. The minimum atomic E-state index is -0.906. The van der Waals surface area contributed by atoms with Gasteiger partial charge in [-0.05, 0) is 44.4 Å². The van der Waals surface area contributed by atoms with E-state index in [2.05, 4.69) is 10.1 Å². The van der Waals surface area contributed by atoms with Crippen LogP contribution in [0.3, 0.4) is 0 Å². The fourth-order valence-corrected chi connectivity index (χ4v) is 3.26. The topological polar surface area (TPSA) is 81.0 Å². The van der Waals surface area contributed by atoms with Crippen molar-refractivity contribution in [2.45, 2.75) is 40.0 Å². The first-order valence-corrected chi connectivity index (χ1v) is 9.89. The molecule has 27 heavy (non-hydrogen) atoms. The number of carbonyl (C=O) groups is 1. The number of nitrogens with zero attached hydrogens (tertiary/aromatic N) is 2. The van der Waals surface area contributed by atoms with E-state index in [4.69, 9.17) is 9.57 Å². The highest BCUT2D eigenvalue weighted by atomic mass is 32.1. The van der Waals surface area contributed by atoms with Gasteiger partial charge in [-0.3, -0.25) is 4.79 Å². The third-order valence-electron chi connectivity index (χ3n) is 4.11. The number of aliphatic carboxylic acids is 1. The number of aryl methyl sites for hydroxylation is 1. The molecule has 7 heteroatoms. The fourth-order valence-electron chi connectivity index (χ4n) is 2.50. The zero-order chi connectivity index (χ0) is 19.6. The van der Waals surface area contributed by atoms with Gasteiger partial charge in [0, 0.05) is 11.3 Å². The van der Waals surface area contributed by atoms with Gasteiger partial charge in [-0.2, -0.15) is 0 Å². The Bertz CT molecular complexity index is 756. The van der Waals surface area contributed by atoms with Crippen LogP contribution in [0.25, 0.3) is 0 Å². The molecule has 0 aliphatic rings. The van der Waals surface area contributed by atoms with E-state index in [1.54, 1.807) is 18.3 Å². The normalized spacial score (nSPS) is 12.6. The maximum absolute atomic E-state index is 11.6. The van der Waals surface area contributed by atoms with Crippen LogP contribution in [-0.2, 0) is 22.5 Å². The van der Waals surface area contributed by atoms with Gasteiger partial charge < -0.3 is 14.7 Å². The van der Waals surface area contributed by atoms with Crippen molar-refractivity contribution >= 4 is 23.0 Å². The summed E-state index contributed by atoms with van der Waals surface area (Å²) in [5.74, 6) is -0.844. The molecule has 0 aliphatic heterocycles. The molecule has 0 amide bonds. The number of oxime groups is 1. The number of hydrogen-bond donors (Lipinski definition) is 1. The van der Waals surface area contributed by atoms with Crippen LogP contribution < -0.4 is 4.74 Å². The molecule has 0 saturated carbocycles. The maximum atomic E-state index is 11.6. The summed E-state index contributed by atoms with van der Waals surface area (Å²) >= 11 is 1.64. The van der Waals surface area contributed by atoms with Crippen LogP contribution in [-0.4, -0.2) is 35.0 Å². The maximum Gasteiger partial charge on any atom is 0.312 e. The van der Waals surface area contributed by atoms with Gasteiger partial charge in [0.25, 0.3) is 0 Å². The summed E-state index contributed by atoms with van der Waals surface area (Å²) in [6.07, 6.45) is 2.02. The Morgan fingerprint density at radius 1 is 1.30 bits per heavy atom. The smallest absolute Gasteiger partial charge is 0.312 e. The van der Waals surface area contributed by atoms with Crippen molar-refractivity contribution in [3.05, 3.63) is 45.9 Å². The molecule has 1 aromatic carbocycles. The summed E-state index contributed by atoms with van der Waals surface area (Å²) in [5, 5.41) is 13.4. The molecular formula is C20H26N2O4S. The first-order chi connectivity index (χ1) is 13.0.